The van der Waals surface area contributed by atoms with Crippen LogP contribution in [0.25, 0.3) is 0 Å². The van der Waals surface area contributed by atoms with E-state index < -0.39 is 33.9 Å². The normalized spacial score (nSPS) is 10.3. The average molecular weight is 361 g/mol. The first-order chi connectivity index (χ1) is 9.92. The second kappa shape index (κ2) is 5.95. The first-order valence-electron chi connectivity index (χ1n) is 5.44. The Morgan fingerprint density at radius 3 is 2.71 bits per heavy atom. The largest absolute Gasteiger partial charge is 0.429 e. The highest BCUT2D eigenvalue weighted by Crippen LogP contribution is 2.35. The van der Waals surface area contributed by atoms with Gasteiger partial charge in [0.05, 0.1) is 15.6 Å². The molecule has 0 amide bonds. The van der Waals surface area contributed by atoms with Crippen LogP contribution in [0.15, 0.2) is 22.8 Å². The summed E-state index contributed by atoms with van der Waals surface area (Å²) >= 11 is 2.83. The van der Waals surface area contributed by atoms with Crippen molar-refractivity contribution in [2.24, 2.45) is 0 Å². The van der Waals surface area contributed by atoms with Crippen LogP contribution in [0.3, 0.4) is 0 Å². The molecule has 1 heterocycles. The minimum absolute atomic E-state index is 0.0478. The number of halogens is 3. The highest BCUT2D eigenvalue weighted by molar-refractivity contribution is 9.10. The fourth-order valence-electron chi connectivity index (χ4n) is 1.39. The third-order valence-electron chi connectivity index (χ3n) is 2.34. The molecule has 0 aliphatic heterocycles. The standard InChI is InChI=1S/C11H7BrF2N4O3/c1-15-11-16-4-7(14)10(17-11)21-9-3-6(13)5(12)2-8(9)18(19)20/h2-4H,1H3,(H,15,16,17). The van der Waals surface area contributed by atoms with Crippen LogP contribution >= 0.6 is 15.9 Å². The minimum atomic E-state index is -0.938. The van der Waals surface area contributed by atoms with E-state index in [-0.39, 0.29) is 10.4 Å². The first kappa shape index (κ1) is 15.0. The van der Waals surface area contributed by atoms with E-state index >= 15 is 0 Å². The van der Waals surface area contributed by atoms with Crippen LogP contribution < -0.4 is 10.1 Å². The van der Waals surface area contributed by atoms with E-state index in [4.69, 9.17) is 4.74 Å². The zero-order valence-electron chi connectivity index (χ0n) is 10.4. The van der Waals surface area contributed by atoms with Gasteiger partial charge in [-0.1, -0.05) is 0 Å². The third kappa shape index (κ3) is 3.21. The quantitative estimate of drug-likeness (QED) is 0.664. The van der Waals surface area contributed by atoms with Crippen LogP contribution in [0.5, 0.6) is 11.6 Å². The summed E-state index contributed by atoms with van der Waals surface area (Å²) in [5, 5.41) is 13.5. The van der Waals surface area contributed by atoms with Gasteiger partial charge in [0.25, 0.3) is 5.88 Å². The van der Waals surface area contributed by atoms with E-state index in [9.17, 15) is 18.9 Å². The number of ether oxygens (including phenoxy) is 1. The number of nitro groups is 1. The van der Waals surface area contributed by atoms with Crippen molar-refractivity contribution in [2.45, 2.75) is 0 Å². The molecule has 0 unspecified atom stereocenters. The molecule has 1 aromatic heterocycles. The molecule has 21 heavy (non-hydrogen) atoms. The van der Waals surface area contributed by atoms with Gasteiger partial charge in [-0.15, -0.1) is 0 Å². The van der Waals surface area contributed by atoms with Crippen molar-refractivity contribution in [1.82, 2.24) is 9.97 Å². The predicted molar refractivity (Wildman–Crippen MR) is 72.4 cm³/mol. The molecule has 0 saturated heterocycles. The molecule has 7 nitrogen and oxygen atoms in total. The molecule has 0 saturated carbocycles. The topological polar surface area (TPSA) is 90.2 Å². The summed E-state index contributed by atoms with van der Waals surface area (Å²) in [5.74, 6) is -2.71. The van der Waals surface area contributed by atoms with E-state index in [1.54, 1.807) is 0 Å². The summed E-state index contributed by atoms with van der Waals surface area (Å²) in [4.78, 5) is 17.4. The molecule has 0 aliphatic carbocycles. The molecule has 0 bridgehead atoms. The van der Waals surface area contributed by atoms with Gasteiger partial charge in [-0.05, 0) is 15.9 Å². The van der Waals surface area contributed by atoms with Gasteiger partial charge in [-0.3, -0.25) is 10.1 Å². The lowest BCUT2D eigenvalue weighted by Gasteiger charge is -2.08. The molecule has 0 aliphatic rings. The lowest BCUT2D eigenvalue weighted by molar-refractivity contribution is -0.385. The van der Waals surface area contributed by atoms with Gasteiger partial charge in [0.2, 0.25) is 17.5 Å². The van der Waals surface area contributed by atoms with E-state index in [0.717, 1.165) is 18.3 Å². The smallest absolute Gasteiger partial charge is 0.312 e. The summed E-state index contributed by atoms with van der Waals surface area (Å²) in [6.07, 6.45) is 0.829. The Morgan fingerprint density at radius 2 is 2.10 bits per heavy atom. The Morgan fingerprint density at radius 1 is 1.38 bits per heavy atom. The number of benzene rings is 1. The Hall–Kier alpha value is -2.36. The van der Waals surface area contributed by atoms with Crippen LogP contribution in [0.1, 0.15) is 0 Å². The highest BCUT2D eigenvalue weighted by atomic mass is 79.9. The Bertz CT molecular complexity index is 714. The van der Waals surface area contributed by atoms with Gasteiger partial charge in [-0.2, -0.15) is 9.37 Å². The molecule has 10 heteroatoms. The summed E-state index contributed by atoms with van der Waals surface area (Å²) in [5.41, 5.74) is -0.535. The zero-order valence-corrected chi connectivity index (χ0v) is 12.0. The average Bonchev–Trinajstić information content (AvgIpc) is 2.44. The van der Waals surface area contributed by atoms with Gasteiger partial charge in [0.1, 0.15) is 5.82 Å². The third-order valence-corrected chi connectivity index (χ3v) is 2.95. The molecule has 0 radical (unpaired) electrons. The number of aromatic nitrogens is 2. The predicted octanol–water partition coefficient (Wildman–Crippen LogP) is 3.26. The van der Waals surface area contributed by atoms with E-state index in [2.05, 4.69) is 31.2 Å². The van der Waals surface area contributed by atoms with Gasteiger partial charge < -0.3 is 10.1 Å². The monoisotopic (exact) mass is 360 g/mol. The number of nitrogens with one attached hydrogen (secondary N) is 1. The van der Waals surface area contributed by atoms with Gasteiger partial charge in [-0.25, -0.2) is 9.37 Å². The molecule has 2 rings (SSSR count). The molecule has 0 atom stereocenters. The molecule has 0 spiro atoms. The van der Waals surface area contributed by atoms with E-state index in [0.29, 0.717) is 0 Å². The number of nitro benzene ring substituents is 1. The number of hydrogen-bond acceptors (Lipinski definition) is 6. The summed E-state index contributed by atoms with van der Waals surface area (Å²) < 4.78 is 31.9. The maximum Gasteiger partial charge on any atom is 0.312 e. The van der Waals surface area contributed by atoms with Crippen LogP contribution in [0.2, 0.25) is 0 Å². The fraction of sp³-hybridized carbons (Fsp3) is 0.0909. The maximum absolute atomic E-state index is 13.6. The zero-order chi connectivity index (χ0) is 15.6. The van der Waals surface area contributed by atoms with E-state index in [1.165, 1.54) is 7.05 Å². The Kier molecular flexibility index (Phi) is 4.26. The van der Waals surface area contributed by atoms with Crippen molar-refractivity contribution >= 4 is 27.6 Å². The SMILES string of the molecule is CNc1ncc(F)c(Oc2cc(F)c(Br)cc2[N+](=O)[O-])n1. The molecular weight excluding hydrogens is 354 g/mol. The molecule has 1 N–H and O–H groups in total. The van der Waals surface area contributed by atoms with E-state index in [1.807, 2.05) is 0 Å². The Balaban J connectivity index is 2.48. The molecule has 0 fully saturated rings. The van der Waals surface area contributed by atoms with Crippen molar-refractivity contribution in [3.05, 3.63) is 44.6 Å². The highest BCUT2D eigenvalue weighted by Gasteiger charge is 2.21. The van der Waals surface area contributed by atoms with Crippen molar-refractivity contribution in [3.8, 4) is 11.6 Å². The van der Waals surface area contributed by atoms with Crippen LogP contribution in [0.4, 0.5) is 20.4 Å². The number of rotatable bonds is 4. The van der Waals surface area contributed by atoms with Crippen molar-refractivity contribution in [3.63, 3.8) is 0 Å². The van der Waals surface area contributed by atoms with Crippen molar-refractivity contribution in [2.75, 3.05) is 12.4 Å². The fourth-order valence-corrected chi connectivity index (χ4v) is 1.72. The van der Waals surface area contributed by atoms with Crippen molar-refractivity contribution in [1.29, 1.82) is 0 Å². The minimum Gasteiger partial charge on any atom is -0.429 e. The second-order valence-electron chi connectivity index (χ2n) is 3.69. The van der Waals surface area contributed by atoms with Gasteiger partial charge >= 0.3 is 5.69 Å². The summed E-state index contributed by atoms with van der Waals surface area (Å²) in [7, 11) is 1.50. The lowest BCUT2D eigenvalue weighted by atomic mass is 10.3. The molecule has 110 valence electrons. The lowest BCUT2D eigenvalue weighted by Crippen LogP contribution is -2.02. The molecule has 2 aromatic rings. The first-order valence-corrected chi connectivity index (χ1v) is 6.23. The number of anilines is 1. The Labute approximate surface area is 125 Å². The van der Waals surface area contributed by atoms with Crippen LogP contribution in [-0.4, -0.2) is 21.9 Å². The number of hydrogen-bond donors (Lipinski definition) is 1. The second-order valence-corrected chi connectivity index (χ2v) is 4.54. The van der Waals surface area contributed by atoms with Crippen LogP contribution in [0, 0.1) is 21.7 Å². The molecular formula is C11H7BrF2N4O3. The molecule has 1 aromatic carbocycles. The number of nitrogens with zero attached hydrogens (tertiary/aromatic N) is 3. The summed E-state index contributed by atoms with van der Waals surface area (Å²) in [6.45, 7) is 0. The van der Waals surface area contributed by atoms with Gasteiger partial charge in [0.15, 0.2) is 0 Å². The van der Waals surface area contributed by atoms with Crippen LogP contribution in [-0.2, 0) is 0 Å². The van der Waals surface area contributed by atoms with Crippen molar-refractivity contribution < 1.29 is 18.4 Å². The van der Waals surface area contributed by atoms with Gasteiger partial charge in [0, 0.05) is 19.2 Å². The maximum atomic E-state index is 13.6. The summed E-state index contributed by atoms with van der Waals surface area (Å²) in [6, 6.07) is 1.69.